The Morgan fingerprint density at radius 1 is 1.00 bits per heavy atom. The number of rotatable bonds is 4. The van der Waals surface area contributed by atoms with E-state index in [-0.39, 0.29) is 22.8 Å². The van der Waals surface area contributed by atoms with E-state index in [2.05, 4.69) is 0 Å². The third kappa shape index (κ3) is 3.05. The molecule has 0 fully saturated rings. The molecule has 1 aromatic heterocycles. The van der Waals surface area contributed by atoms with Crippen molar-refractivity contribution in [3.8, 4) is 34.5 Å². The van der Waals surface area contributed by atoms with Gasteiger partial charge in [0.15, 0.2) is 35.0 Å². The number of hydrogen-bond acceptors (Lipinski definition) is 9. The number of aliphatic hydroxyl groups excluding tert-OH is 1. The van der Waals surface area contributed by atoms with Crippen LogP contribution in [0.1, 0.15) is 11.7 Å². The summed E-state index contributed by atoms with van der Waals surface area (Å²) in [7, 11) is 2.79. The maximum Gasteiger partial charge on any atom is 0.336 e. The van der Waals surface area contributed by atoms with Crippen molar-refractivity contribution < 1.29 is 38.7 Å². The molecule has 0 spiro atoms. The van der Waals surface area contributed by atoms with Gasteiger partial charge in [-0.05, 0) is 24.3 Å². The molecule has 0 radical (unpaired) electrons. The summed E-state index contributed by atoms with van der Waals surface area (Å²) in [6.45, 7) is -0.441. The number of hydrogen-bond donors (Lipinski definition) is 3. The Morgan fingerprint density at radius 3 is 2.45 bits per heavy atom. The maximum atomic E-state index is 11.7. The first-order valence-corrected chi connectivity index (χ1v) is 8.65. The predicted octanol–water partition coefficient (Wildman–Crippen LogP) is 2.09. The molecule has 1 aliphatic rings. The van der Waals surface area contributed by atoms with Crippen LogP contribution in [0, 0.1) is 0 Å². The van der Waals surface area contributed by atoms with Crippen LogP contribution in [0.2, 0.25) is 0 Å². The van der Waals surface area contributed by atoms with Gasteiger partial charge in [-0.25, -0.2) is 4.79 Å². The van der Waals surface area contributed by atoms with Crippen LogP contribution in [-0.2, 0) is 0 Å². The molecule has 0 bridgehead atoms. The van der Waals surface area contributed by atoms with Crippen molar-refractivity contribution in [1.29, 1.82) is 0 Å². The van der Waals surface area contributed by atoms with E-state index in [0.717, 1.165) is 0 Å². The standard InChI is InChI=1S/C20H18O9/c1-25-12-7-10(5-11(22)16(12)24)17-14(8-21)27-20-18-9(3-4-15(23)28-18)6-13(26-2)19(20)29-17/h3-7,14,17,21-22,24H,8H2,1-2H3/t14-,17-/m0/s1. The van der Waals surface area contributed by atoms with Crippen molar-refractivity contribution in [3.63, 3.8) is 0 Å². The van der Waals surface area contributed by atoms with Gasteiger partial charge in [0.1, 0.15) is 0 Å². The number of aromatic hydroxyl groups is 2. The van der Waals surface area contributed by atoms with Crippen LogP contribution in [0.3, 0.4) is 0 Å². The maximum absolute atomic E-state index is 11.7. The SMILES string of the molecule is COc1cc([C@@H]2Oc3c(OC)cc4ccc(=O)oc4c3O[C@H]2CO)cc(O)c1O. The van der Waals surface area contributed by atoms with E-state index < -0.39 is 35.9 Å². The highest BCUT2D eigenvalue weighted by atomic mass is 16.6. The summed E-state index contributed by atoms with van der Waals surface area (Å²) < 4.78 is 27.7. The molecule has 2 aromatic carbocycles. The Kier molecular flexibility index (Phi) is 4.59. The van der Waals surface area contributed by atoms with Crippen molar-refractivity contribution in [2.24, 2.45) is 0 Å². The minimum absolute atomic E-state index is 0.0301. The number of fused-ring (bicyclic) bond motifs is 3. The normalized spacial score (nSPS) is 17.9. The molecule has 4 rings (SSSR count). The number of aliphatic hydroxyl groups is 1. The average molecular weight is 402 g/mol. The Labute approximate surface area is 164 Å². The number of ether oxygens (including phenoxy) is 4. The van der Waals surface area contributed by atoms with Crippen molar-refractivity contribution in [1.82, 2.24) is 0 Å². The smallest absolute Gasteiger partial charge is 0.336 e. The number of methoxy groups -OCH3 is 2. The van der Waals surface area contributed by atoms with E-state index in [1.165, 1.54) is 32.4 Å². The molecule has 9 heteroatoms. The van der Waals surface area contributed by atoms with E-state index in [9.17, 15) is 20.1 Å². The third-order valence-electron chi connectivity index (χ3n) is 4.66. The second-order valence-corrected chi connectivity index (χ2v) is 6.38. The number of phenols is 2. The minimum atomic E-state index is -0.906. The largest absolute Gasteiger partial charge is 0.504 e. The van der Waals surface area contributed by atoms with E-state index in [1.54, 1.807) is 12.1 Å². The zero-order valence-electron chi connectivity index (χ0n) is 15.5. The van der Waals surface area contributed by atoms with Gasteiger partial charge in [-0.1, -0.05) is 0 Å². The van der Waals surface area contributed by atoms with Gasteiger partial charge in [-0.2, -0.15) is 0 Å². The molecule has 29 heavy (non-hydrogen) atoms. The summed E-state index contributed by atoms with van der Waals surface area (Å²) in [5, 5.41) is 30.3. The fourth-order valence-corrected chi connectivity index (χ4v) is 3.28. The number of phenolic OH excluding ortho intramolecular Hbond substituents is 2. The fourth-order valence-electron chi connectivity index (χ4n) is 3.28. The first kappa shape index (κ1) is 18.8. The summed E-state index contributed by atoms with van der Waals surface area (Å²) in [4.78, 5) is 11.7. The Bertz CT molecular complexity index is 1130. The summed E-state index contributed by atoms with van der Waals surface area (Å²) in [6, 6.07) is 7.22. The molecule has 2 atom stereocenters. The summed E-state index contributed by atoms with van der Waals surface area (Å²) in [5.41, 5.74) is -0.0146. The topological polar surface area (TPSA) is 128 Å². The van der Waals surface area contributed by atoms with Gasteiger partial charge >= 0.3 is 5.63 Å². The number of benzene rings is 2. The molecule has 152 valence electrons. The molecule has 0 saturated carbocycles. The summed E-state index contributed by atoms with van der Waals surface area (Å²) in [6.07, 6.45) is -1.79. The highest BCUT2D eigenvalue weighted by Crippen LogP contribution is 2.50. The lowest BCUT2D eigenvalue weighted by Crippen LogP contribution is -2.36. The van der Waals surface area contributed by atoms with Gasteiger partial charge in [0.25, 0.3) is 0 Å². The van der Waals surface area contributed by atoms with Gasteiger partial charge in [-0.15, -0.1) is 0 Å². The molecular formula is C20H18O9. The van der Waals surface area contributed by atoms with E-state index in [4.69, 9.17) is 23.4 Å². The van der Waals surface area contributed by atoms with Crippen LogP contribution in [-0.4, -0.2) is 42.3 Å². The monoisotopic (exact) mass is 402 g/mol. The van der Waals surface area contributed by atoms with Crippen molar-refractivity contribution >= 4 is 11.0 Å². The fraction of sp³-hybridized carbons (Fsp3) is 0.250. The van der Waals surface area contributed by atoms with Crippen molar-refractivity contribution in [2.75, 3.05) is 20.8 Å². The lowest BCUT2D eigenvalue weighted by Gasteiger charge is -2.34. The molecule has 0 amide bonds. The van der Waals surface area contributed by atoms with Crippen molar-refractivity contribution in [2.45, 2.75) is 12.2 Å². The minimum Gasteiger partial charge on any atom is -0.504 e. The molecule has 3 N–H and O–H groups in total. The molecule has 3 aromatic rings. The van der Waals surface area contributed by atoms with Gasteiger partial charge < -0.3 is 38.7 Å². The van der Waals surface area contributed by atoms with Crippen LogP contribution < -0.4 is 24.6 Å². The highest BCUT2D eigenvalue weighted by molar-refractivity contribution is 5.88. The van der Waals surface area contributed by atoms with E-state index >= 15 is 0 Å². The lowest BCUT2D eigenvalue weighted by atomic mass is 10.0. The highest BCUT2D eigenvalue weighted by Gasteiger charge is 2.37. The molecule has 9 nitrogen and oxygen atoms in total. The zero-order valence-corrected chi connectivity index (χ0v) is 15.5. The third-order valence-corrected chi connectivity index (χ3v) is 4.66. The van der Waals surface area contributed by atoms with Crippen LogP contribution in [0.4, 0.5) is 0 Å². The zero-order chi connectivity index (χ0) is 20.7. The lowest BCUT2D eigenvalue weighted by molar-refractivity contribution is -0.0136. The van der Waals surface area contributed by atoms with Gasteiger partial charge in [0, 0.05) is 17.0 Å². The predicted molar refractivity (Wildman–Crippen MR) is 100 cm³/mol. The van der Waals surface area contributed by atoms with E-state index in [0.29, 0.717) is 16.7 Å². The second kappa shape index (κ2) is 7.10. The van der Waals surface area contributed by atoms with Crippen LogP contribution in [0.15, 0.2) is 39.5 Å². The molecule has 0 unspecified atom stereocenters. The van der Waals surface area contributed by atoms with Gasteiger partial charge in [0.2, 0.25) is 17.2 Å². The van der Waals surface area contributed by atoms with Crippen LogP contribution in [0.5, 0.6) is 34.5 Å². The van der Waals surface area contributed by atoms with Crippen molar-refractivity contribution in [3.05, 3.63) is 46.3 Å². The van der Waals surface area contributed by atoms with Gasteiger partial charge in [-0.3, -0.25) is 0 Å². The first-order chi connectivity index (χ1) is 14.0. The molecular weight excluding hydrogens is 384 g/mol. The molecule has 0 saturated heterocycles. The quantitative estimate of drug-likeness (QED) is 0.444. The van der Waals surface area contributed by atoms with Crippen LogP contribution in [0.25, 0.3) is 11.0 Å². The molecule has 0 aliphatic carbocycles. The van der Waals surface area contributed by atoms with E-state index in [1.807, 2.05) is 0 Å². The van der Waals surface area contributed by atoms with Gasteiger partial charge in [0.05, 0.1) is 20.8 Å². The Morgan fingerprint density at radius 2 is 1.76 bits per heavy atom. The Hall–Kier alpha value is -3.59. The Balaban J connectivity index is 1.89. The molecule has 2 heterocycles. The first-order valence-electron chi connectivity index (χ1n) is 8.65. The second-order valence-electron chi connectivity index (χ2n) is 6.38. The molecule has 1 aliphatic heterocycles. The average Bonchev–Trinajstić information content (AvgIpc) is 2.74. The summed E-state index contributed by atoms with van der Waals surface area (Å²) >= 11 is 0. The summed E-state index contributed by atoms with van der Waals surface area (Å²) in [5.74, 6) is -0.167. The van der Waals surface area contributed by atoms with Crippen LogP contribution >= 0.6 is 0 Å².